The van der Waals surface area contributed by atoms with Gasteiger partial charge in [-0.3, -0.25) is 9.69 Å². The predicted octanol–water partition coefficient (Wildman–Crippen LogP) is 1.91. The molecule has 3 amide bonds. The largest absolute Gasteiger partial charge is 0.325 e. The fraction of sp³-hybridized carbons (Fsp3) is 0.429. The van der Waals surface area contributed by atoms with Crippen LogP contribution in [-0.2, 0) is 11.3 Å². The highest BCUT2D eigenvalue weighted by Gasteiger charge is 2.57. The number of carbonyl (C=O) groups excluding carboxylic acids is 2. The molecule has 94 valence electrons. The normalized spacial score (nSPS) is 30.5. The van der Waals surface area contributed by atoms with Crippen molar-refractivity contribution in [2.45, 2.75) is 31.8 Å². The van der Waals surface area contributed by atoms with Gasteiger partial charge in [0.25, 0.3) is 5.91 Å². The van der Waals surface area contributed by atoms with Crippen molar-refractivity contribution in [2.24, 2.45) is 5.92 Å². The lowest BCUT2D eigenvalue weighted by Gasteiger charge is -2.40. The molecule has 1 aromatic carbocycles. The van der Waals surface area contributed by atoms with Crippen LogP contribution in [0.15, 0.2) is 30.3 Å². The zero-order valence-corrected chi connectivity index (χ0v) is 10.3. The van der Waals surface area contributed by atoms with Gasteiger partial charge in [-0.05, 0) is 24.3 Å². The second-order valence-electron chi connectivity index (χ2n) is 5.40. The quantitative estimate of drug-likeness (QED) is 0.808. The molecule has 0 aromatic heterocycles. The molecule has 1 saturated heterocycles. The van der Waals surface area contributed by atoms with Crippen LogP contribution in [0.1, 0.15) is 25.3 Å². The van der Waals surface area contributed by atoms with Gasteiger partial charge >= 0.3 is 6.03 Å². The summed E-state index contributed by atoms with van der Waals surface area (Å²) in [5.74, 6) is 0.459. The number of benzene rings is 1. The van der Waals surface area contributed by atoms with E-state index in [1.54, 1.807) is 0 Å². The molecule has 2 aliphatic rings. The summed E-state index contributed by atoms with van der Waals surface area (Å²) < 4.78 is 0. The topological polar surface area (TPSA) is 49.4 Å². The standard InChI is InChI=1S/C14H16N2O2/c1-10-7-14(8-10)12(17)16(13(18)15-14)9-11-5-3-2-4-6-11/h2-6,10H,7-9H2,1H3,(H,15,18). The summed E-state index contributed by atoms with van der Waals surface area (Å²) in [7, 11) is 0. The fourth-order valence-electron chi connectivity index (χ4n) is 2.99. The molecule has 3 rings (SSSR count). The summed E-state index contributed by atoms with van der Waals surface area (Å²) in [4.78, 5) is 25.5. The Bertz CT molecular complexity index is 492. The first kappa shape index (κ1) is 11.3. The number of imide groups is 1. The Balaban J connectivity index is 1.78. The van der Waals surface area contributed by atoms with Crippen LogP contribution in [0.5, 0.6) is 0 Å². The molecule has 1 saturated carbocycles. The van der Waals surface area contributed by atoms with Crippen molar-refractivity contribution in [2.75, 3.05) is 0 Å². The van der Waals surface area contributed by atoms with Gasteiger partial charge in [-0.2, -0.15) is 0 Å². The molecule has 1 heterocycles. The van der Waals surface area contributed by atoms with E-state index < -0.39 is 5.54 Å². The molecule has 1 aliphatic carbocycles. The molecule has 1 N–H and O–H groups in total. The first-order valence-electron chi connectivity index (χ1n) is 6.29. The van der Waals surface area contributed by atoms with Crippen LogP contribution in [0.4, 0.5) is 4.79 Å². The Hall–Kier alpha value is -1.84. The van der Waals surface area contributed by atoms with Crippen molar-refractivity contribution < 1.29 is 9.59 Å². The molecule has 4 heteroatoms. The molecule has 1 aromatic rings. The van der Waals surface area contributed by atoms with Gasteiger partial charge in [-0.1, -0.05) is 37.3 Å². The number of carbonyl (C=O) groups is 2. The predicted molar refractivity (Wildman–Crippen MR) is 66.7 cm³/mol. The maximum absolute atomic E-state index is 12.3. The molecule has 0 bridgehead atoms. The minimum Gasteiger partial charge on any atom is -0.323 e. The molecule has 2 fully saturated rings. The maximum Gasteiger partial charge on any atom is 0.325 e. The summed E-state index contributed by atoms with van der Waals surface area (Å²) in [6.07, 6.45) is 1.53. The minimum absolute atomic E-state index is 0.0607. The van der Waals surface area contributed by atoms with Crippen LogP contribution in [0.2, 0.25) is 0 Å². The number of amides is 3. The first-order chi connectivity index (χ1) is 8.61. The molecule has 4 nitrogen and oxygen atoms in total. The van der Waals surface area contributed by atoms with Crippen LogP contribution >= 0.6 is 0 Å². The summed E-state index contributed by atoms with van der Waals surface area (Å²) in [5.41, 5.74) is 0.385. The molecule has 1 aliphatic heterocycles. The number of urea groups is 1. The van der Waals surface area contributed by atoms with Crippen molar-refractivity contribution >= 4 is 11.9 Å². The molecule has 0 atom stereocenters. The van der Waals surface area contributed by atoms with Crippen LogP contribution in [-0.4, -0.2) is 22.4 Å². The van der Waals surface area contributed by atoms with Gasteiger partial charge < -0.3 is 5.32 Å². The zero-order chi connectivity index (χ0) is 12.8. The van der Waals surface area contributed by atoms with Gasteiger partial charge in [0.2, 0.25) is 0 Å². The van der Waals surface area contributed by atoms with Crippen molar-refractivity contribution in [3.05, 3.63) is 35.9 Å². The van der Waals surface area contributed by atoms with E-state index in [-0.39, 0.29) is 11.9 Å². The van der Waals surface area contributed by atoms with E-state index in [4.69, 9.17) is 0 Å². The average Bonchev–Trinajstić information content (AvgIpc) is 2.55. The van der Waals surface area contributed by atoms with E-state index in [9.17, 15) is 9.59 Å². The van der Waals surface area contributed by atoms with Crippen molar-refractivity contribution in [3.8, 4) is 0 Å². The molecule has 1 spiro atoms. The highest BCUT2D eigenvalue weighted by atomic mass is 16.2. The van der Waals surface area contributed by atoms with Crippen LogP contribution in [0, 0.1) is 5.92 Å². The van der Waals surface area contributed by atoms with E-state index in [1.807, 2.05) is 30.3 Å². The van der Waals surface area contributed by atoms with Gasteiger partial charge in [-0.15, -0.1) is 0 Å². The van der Waals surface area contributed by atoms with Crippen LogP contribution in [0.25, 0.3) is 0 Å². The summed E-state index contributed by atoms with van der Waals surface area (Å²) >= 11 is 0. The summed E-state index contributed by atoms with van der Waals surface area (Å²) in [6.45, 7) is 2.46. The summed E-state index contributed by atoms with van der Waals surface area (Å²) in [5, 5.41) is 2.85. The van der Waals surface area contributed by atoms with Gasteiger partial charge in [0.1, 0.15) is 5.54 Å². The van der Waals surface area contributed by atoms with Crippen molar-refractivity contribution in [1.29, 1.82) is 0 Å². The van der Waals surface area contributed by atoms with E-state index in [1.165, 1.54) is 4.90 Å². The Morgan fingerprint density at radius 2 is 1.94 bits per heavy atom. The maximum atomic E-state index is 12.3. The van der Waals surface area contributed by atoms with Crippen LogP contribution in [0.3, 0.4) is 0 Å². The highest BCUT2D eigenvalue weighted by Crippen LogP contribution is 2.41. The third-order valence-corrected chi connectivity index (χ3v) is 3.82. The smallest absolute Gasteiger partial charge is 0.323 e. The molecule has 18 heavy (non-hydrogen) atoms. The lowest BCUT2D eigenvalue weighted by molar-refractivity contribution is -0.136. The van der Waals surface area contributed by atoms with Gasteiger partial charge in [0, 0.05) is 0 Å². The number of hydrogen-bond acceptors (Lipinski definition) is 2. The lowest BCUT2D eigenvalue weighted by atomic mass is 9.69. The molecular weight excluding hydrogens is 228 g/mol. The first-order valence-corrected chi connectivity index (χ1v) is 6.29. The SMILES string of the molecule is CC1CC2(C1)NC(=O)N(Cc1ccccc1)C2=O. The fourth-order valence-corrected chi connectivity index (χ4v) is 2.99. The van der Waals surface area contributed by atoms with Crippen molar-refractivity contribution in [3.63, 3.8) is 0 Å². The molecule has 0 unspecified atom stereocenters. The van der Waals surface area contributed by atoms with Gasteiger partial charge in [0.05, 0.1) is 6.54 Å². The number of nitrogens with zero attached hydrogens (tertiary/aromatic N) is 1. The Morgan fingerprint density at radius 1 is 1.28 bits per heavy atom. The van der Waals surface area contributed by atoms with Crippen LogP contribution < -0.4 is 5.32 Å². The molecule has 0 radical (unpaired) electrons. The monoisotopic (exact) mass is 244 g/mol. The summed E-state index contributed by atoms with van der Waals surface area (Å²) in [6, 6.07) is 9.34. The van der Waals surface area contributed by atoms with Gasteiger partial charge in [0.15, 0.2) is 0 Å². The Morgan fingerprint density at radius 3 is 2.56 bits per heavy atom. The van der Waals surface area contributed by atoms with E-state index in [2.05, 4.69) is 12.2 Å². The average molecular weight is 244 g/mol. The third kappa shape index (κ3) is 1.60. The highest BCUT2D eigenvalue weighted by molar-refractivity contribution is 6.07. The van der Waals surface area contributed by atoms with E-state index in [0.717, 1.165) is 18.4 Å². The molecular formula is C14H16N2O2. The number of hydrogen-bond donors (Lipinski definition) is 1. The second-order valence-corrected chi connectivity index (χ2v) is 5.40. The second kappa shape index (κ2) is 3.83. The minimum atomic E-state index is -0.592. The van der Waals surface area contributed by atoms with Crippen molar-refractivity contribution in [1.82, 2.24) is 10.2 Å². The van der Waals surface area contributed by atoms with Gasteiger partial charge in [-0.25, -0.2) is 4.79 Å². The van der Waals surface area contributed by atoms with E-state index in [0.29, 0.717) is 12.5 Å². The number of nitrogens with one attached hydrogen (secondary N) is 1. The third-order valence-electron chi connectivity index (χ3n) is 3.82. The lowest BCUT2D eigenvalue weighted by Crippen LogP contribution is -2.56. The Kier molecular flexibility index (Phi) is 2.40. The van der Waals surface area contributed by atoms with E-state index >= 15 is 0 Å². The number of rotatable bonds is 2. The Labute approximate surface area is 106 Å². The zero-order valence-electron chi connectivity index (χ0n) is 10.3.